The lowest BCUT2D eigenvalue weighted by Crippen LogP contribution is -2.02. The molecule has 0 atom stereocenters. The van der Waals surface area contributed by atoms with Gasteiger partial charge in [0.05, 0.1) is 5.56 Å². The lowest BCUT2D eigenvalue weighted by molar-refractivity contribution is 0.0966. The fourth-order valence-electron chi connectivity index (χ4n) is 1.15. The van der Waals surface area contributed by atoms with Gasteiger partial charge in [-0.05, 0) is 34.8 Å². The van der Waals surface area contributed by atoms with E-state index in [2.05, 4.69) is 20.9 Å². The van der Waals surface area contributed by atoms with Gasteiger partial charge in [0.2, 0.25) is 0 Å². The quantitative estimate of drug-likeness (QED) is 0.604. The summed E-state index contributed by atoms with van der Waals surface area (Å²) in [5, 5.41) is 0.402. The van der Waals surface area contributed by atoms with E-state index in [1.54, 1.807) is 6.07 Å². The molecule has 0 saturated heterocycles. The first-order valence-corrected chi connectivity index (χ1v) is 5.21. The van der Waals surface area contributed by atoms with Crippen molar-refractivity contribution in [1.29, 1.82) is 0 Å². The van der Waals surface area contributed by atoms with E-state index < -0.39 is 0 Å². The Morgan fingerprint density at radius 2 is 2.31 bits per heavy atom. The summed E-state index contributed by atoms with van der Waals surface area (Å²) in [5.41, 5.74) is 0.645. The third kappa shape index (κ3) is 1.92. The number of halogens is 2. The number of hydrogen-bond donors (Lipinski definition) is 0. The molecule has 13 heavy (non-hydrogen) atoms. The van der Waals surface area contributed by atoms with Crippen LogP contribution in [0.25, 0.3) is 0 Å². The molecule has 0 aromatic carbocycles. The van der Waals surface area contributed by atoms with Crippen LogP contribution in [0.1, 0.15) is 23.2 Å². The lowest BCUT2D eigenvalue weighted by atomic mass is 10.1. The zero-order chi connectivity index (χ0) is 9.42. The monoisotopic (exact) mass is 259 g/mol. The lowest BCUT2D eigenvalue weighted by Gasteiger charge is -2.01. The Bertz CT molecular complexity index is 363. The summed E-state index contributed by atoms with van der Waals surface area (Å²) < 4.78 is 0.740. The molecule has 1 heterocycles. The Labute approximate surface area is 89.4 Å². The molecule has 0 amide bonds. The first kappa shape index (κ1) is 9.16. The third-order valence-electron chi connectivity index (χ3n) is 2.03. The van der Waals surface area contributed by atoms with E-state index in [0.717, 1.165) is 17.3 Å². The Morgan fingerprint density at radius 3 is 2.85 bits per heavy atom. The highest BCUT2D eigenvalue weighted by Gasteiger charge is 2.31. The van der Waals surface area contributed by atoms with Gasteiger partial charge in [-0.3, -0.25) is 4.79 Å². The van der Waals surface area contributed by atoms with Crippen molar-refractivity contribution in [2.45, 2.75) is 12.8 Å². The van der Waals surface area contributed by atoms with E-state index in [1.807, 2.05) is 0 Å². The number of pyridine rings is 1. The molecule has 1 saturated carbocycles. The second-order valence-electron chi connectivity index (χ2n) is 3.13. The molecule has 2 nitrogen and oxygen atoms in total. The second-order valence-corrected chi connectivity index (χ2v) is 4.37. The Morgan fingerprint density at radius 1 is 1.62 bits per heavy atom. The summed E-state index contributed by atoms with van der Waals surface area (Å²) in [5.74, 6) is 0.398. The Kier molecular flexibility index (Phi) is 2.39. The first-order chi connectivity index (χ1) is 6.18. The maximum Gasteiger partial charge on any atom is 0.168 e. The standard InChI is InChI=1S/C9H7BrClNO/c10-7-3-8(11)12-4-6(7)9(13)5-1-2-5/h3-5H,1-2H2. The predicted molar refractivity (Wildman–Crippen MR) is 54.0 cm³/mol. The maximum absolute atomic E-state index is 11.6. The number of aromatic nitrogens is 1. The highest BCUT2D eigenvalue weighted by Crippen LogP contribution is 2.34. The topological polar surface area (TPSA) is 30.0 Å². The van der Waals surface area contributed by atoms with Crippen LogP contribution in [0, 0.1) is 5.92 Å². The van der Waals surface area contributed by atoms with Crippen LogP contribution in [-0.2, 0) is 0 Å². The molecular weight excluding hydrogens is 253 g/mol. The van der Waals surface area contributed by atoms with Gasteiger partial charge in [-0.15, -0.1) is 0 Å². The molecule has 0 radical (unpaired) electrons. The van der Waals surface area contributed by atoms with Crippen molar-refractivity contribution in [3.8, 4) is 0 Å². The van der Waals surface area contributed by atoms with Gasteiger partial charge in [0.15, 0.2) is 5.78 Å². The highest BCUT2D eigenvalue weighted by molar-refractivity contribution is 9.10. The largest absolute Gasteiger partial charge is 0.294 e. The van der Waals surface area contributed by atoms with Crippen molar-refractivity contribution in [3.05, 3.63) is 27.5 Å². The number of carbonyl (C=O) groups excluding carboxylic acids is 1. The zero-order valence-corrected chi connectivity index (χ0v) is 9.10. The number of Topliss-reactive ketones (excluding diaryl/α,β-unsaturated/α-hetero) is 1. The number of ketones is 1. The van der Waals surface area contributed by atoms with E-state index in [0.29, 0.717) is 10.7 Å². The molecule has 1 aromatic heterocycles. The molecular formula is C9H7BrClNO. The van der Waals surface area contributed by atoms with Gasteiger partial charge in [0.1, 0.15) is 5.15 Å². The number of carbonyl (C=O) groups is 1. The van der Waals surface area contributed by atoms with Gasteiger partial charge < -0.3 is 0 Å². The summed E-state index contributed by atoms with van der Waals surface area (Å²) in [6, 6.07) is 1.65. The molecule has 1 aliphatic rings. The fraction of sp³-hybridized carbons (Fsp3) is 0.333. The summed E-state index contributed by atoms with van der Waals surface area (Å²) in [6.45, 7) is 0. The smallest absolute Gasteiger partial charge is 0.168 e. The first-order valence-electron chi connectivity index (χ1n) is 4.04. The summed E-state index contributed by atoms with van der Waals surface area (Å²) in [7, 11) is 0. The molecule has 2 rings (SSSR count). The maximum atomic E-state index is 11.6. The molecule has 1 aliphatic carbocycles. The SMILES string of the molecule is O=C(c1cnc(Cl)cc1Br)C1CC1. The third-order valence-corrected chi connectivity index (χ3v) is 2.90. The van der Waals surface area contributed by atoms with Crippen molar-refractivity contribution >= 4 is 33.3 Å². The van der Waals surface area contributed by atoms with E-state index >= 15 is 0 Å². The van der Waals surface area contributed by atoms with Crippen LogP contribution in [0.4, 0.5) is 0 Å². The van der Waals surface area contributed by atoms with Gasteiger partial charge in [-0.2, -0.15) is 0 Å². The number of nitrogens with zero attached hydrogens (tertiary/aromatic N) is 1. The predicted octanol–water partition coefficient (Wildman–Crippen LogP) is 3.09. The molecule has 1 fully saturated rings. The van der Waals surface area contributed by atoms with E-state index in [1.165, 1.54) is 6.20 Å². The average molecular weight is 261 g/mol. The molecule has 0 unspecified atom stereocenters. The van der Waals surface area contributed by atoms with Gasteiger partial charge in [0.25, 0.3) is 0 Å². The Hall–Kier alpha value is -0.410. The minimum atomic E-state index is 0.177. The molecule has 68 valence electrons. The van der Waals surface area contributed by atoms with Crippen LogP contribution in [0.3, 0.4) is 0 Å². The van der Waals surface area contributed by atoms with E-state index in [4.69, 9.17) is 11.6 Å². The van der Waals surface area contributed by atoms with Gasteiger partial charge in [0, 0.05) is 16.6 Å². The van der Waals surface area contributed by atoms with Crippen LogP contribution < -0.4 is 0 Å². The zero-order valence-electron chi connectivity index (χ0n) is 6.76. The van der Waals surface area contributed by atoms with E-state index in [-0.39, 0.29) is 11.7 Å². The molecule has 1 aromatic rings. The van der Waals surface area contributed by atoms with Crippen LogP contribution in [0.2, 0.25) is 5.15 Å². The number of rotatable bonds is 2. The van der Waals surface area contributed by atoms with Crippen LogP contribution >= 0.6 is 27.5 Å². The van der Waals surface area contributed by atoms with Gasteiger partial charge >= 0.3 is 0 Å². The van der Waals surface area contributed by atoms with E-state index in [9.17, 15) is 4.79 Å². The minimum absolute atomic E-state index is 0.177. The summed E-state index contributed by atoms with van der Waals surface area (Å²) in [4.78, 5) is 15.5. The summed E-state index contributed by atoms with van der Waals surface area (Å²) in [6.07, 6.45) is 3.55. The van der Waals surface area contributed by atoms with Crippen LogP contribution in [0.15, 0.2) is 16.7 Å². The highest BCUT2D eigenvalue weighted by atomic mass is 79.9. The van der Waals surface area contributed by atoms with Gasteiger partial charge in [-0.1, -0.05) is 11.6 Å². The average Bonchev–Trinajstić information content (AvgIpc) is 2.85. The van der Waals surface area contributed by atoms with Crippen LogP contribution in [0.5, 0.6) is 0 Å². The number of hydrogen-bond acceptors (Lipinski definition) is 2. The second kappa shape index (κ2) is 3.39. The summed E-state index contributed by atoms with van der Waals surface area (Å²) >= 11 is 8.96. The molecule has 4 heteroatoms. The Balaban J connectivity index is 2.33. The normalized spacial score (nSPS) is 15.8. The van der Waals surface area contributed by atoms with Crippen molar-refractivity contribution in [2.75, 3.05) is 0 Å². The minimum Gasteiger partial charge on any atom is -0.294 e. The molecule has 0 N–H and O–H groups in total. The van der Waals surface area contributed by atoms with Crippen molar-refractivity contribution in [1.82, 2.24) is 4.98 Å². The molecule has 0 bridgehead atoms. The van der Waals surface area contributed by atoms with Gasteiger partial charge in [-0.25, -0.2) is 4.98 Å². The fourth-order valence-corrected chi connectivity index (χ4v) is 1.96. The molecule has 0 aliphatic heterocycles. The van der Waals surface area contributed by atoms with Crippen molar-refractivity contribution in [3.63, 3.8) is 0 Å². The van der Waals surface area contributed by atoms with Crippen molar-refractivity contribution in [2.24, 2.45) is 5.92 Å². The van der Waals surface area contributed by atoms with Crippen molar-refractivity contribution < 1.29 is 4.79 Å². The van der Waals surface area contributed by atoms with Crippen LogP contribution in [-0.4, -0.2) is 10.8 Å². The molecule has 0 spiro atoms.